The van der Waals surface area contributed by atoms with Crippen LogP contribution in [0.2, 0.25) is 0 Å². The van der Waals surface area contributed by atoms with Gasteiger partial charge < -0.3 is 10.6 Å². The van der Waals surface area contributed by atoms with Crippen LogP contribution in [0.5, 0.6) is 0 Å². The number of nitro groups is 1. The first kappa shape index (κ1) is 14.9. The van der Waals surface area contributed by atoms with Crippen LogP contribution in [0.4, 0.5) is 21.5 Å². The number of nitrogens with zero attached hydrogens (tertiary/aromatic N) is 1. The summed E-state index contributed by atoms with van der Waals surface area (Å²) in [4.78, 5) is 9.91. The Morgan fingerprint density at radius 3 is 2.62 bits per heavy atom. The quantitative estimate of drug-likeness (QED) is 0.512. The third-order valence-electron chi connectivity index (χ3n) is 2.79. The van der Waals surface area contributed by atoms with Crippen LogP contribution in [0.3, 0.4) is 0 Å². The predicted molar refractivity (Wildman–Crippen MR) is 84.1 cm³/mol. The monoisotopic (exact) mass is 305 g/mol. The van der Waals surface area contributed by atoms with Crippen LogP contribution in [-0.4, -0.2) is 10.0 Å². The number of hydrogen-bond donors (Lipinski definition) is 2. The van der Waals surface area contributed by atoms with Crippen molar-refractivity contribution in [3.63, 3.8) is 0 Å². The molecule has 0 atom stereocenters. The molecular weight excluding hydrogens is 293 g/mol. The topological polar surface area (TPSA) is 67.2 Å². The van der Waals surface area contributed by atoms with Crippen molar-refractivity contribution in [3.8, 4) is 0 Å². The number of halogens is 1. The minimum atomic E-state index is -0.886. The van der Waals surface area contributed by atoms with Crippen molar-refractivity contribution in [2.24, 2.45) is 0 Å². The van der Waals surface area contributed by atoms with Crippen LogP contribution in [-0.2, 0) is 0 Å². The van der Waals surface area contributed by atoms with Gasteiger partial charge in [-0.05, 0) is 42.9 Å². The fourth-order valence-electron chi connectivity index (χ4n) is 1.73. The summed E-state index contributed by atoms with van der Waals surface area (Å²) < 4.78 is 13.2. The molecule has 0 saturated heterocycles. The molecule has 0 aliphatic rings. The van der Waals surface area contributed by atoms with Crippen LogP contribution >= 0.6 is 12.2 Å². The Morgan fingerprint density at radius 1 is 1.24 bits per heavy atom. The largest absolute Gasteiger partial charge is 0.332 e. The van der Waals surface area contributed by atoms with Crippen LogP contribution in [0.25, 0.3) is 0 Å². The zero-order valence-electron chi connectivity index (χ0n) is 11.1. The maximum Gasteiger partial charge on any atom is 0.306 e. The third-order valence-corrected chi connectivity index (χ3v) is 3.00. The second-order valence-corrected chi connectivity index (χ2v) is 4.73. The van der Waals surface area contributed by atoms with Gasteiger partial charge in [-0.25, -0.2) is 0 Å². The van der Waals surface area contributed by atoms with E-state index in [-0.39, 0.29) is 5.11 Å². The average molecular weight is 305 g/mol. The van der Waals surface area contributed by atoms with Gasteiger partial charge >= 0.3 is 5.69 Å². The summed E-state index contributed by atoms with van der Waals surface area (Å²) in [6, 6.07) is 11.1. The summed E-state index contributed by atoms with van der Waals surface area (Å²) in [5.74, 6) is -0.886. The van der Waals surface area contributed by atoms with Crippen molar-refractivity contribution in [1.29, 1.82) is 0 Å². The molecule has 0 fully saturated rings. The van der Waals surface area contributed by atoms with Gasteiger partial charge in [0, 0.05) is 17.4 Å². The molecule has 0 bridgehead atoms. The normalized spacial score (nSPS) is 10.0. The Kier molecular flexibility index (Phi) is 4.44. The summed E-state index contributed by atoms with van der Waals surface area (Å²) in [5, 5.41) is 16.7. The molecule has 0 unspecified atom stereocenters. The standard InChI is InChI=1S/C14H12FN3O2S/c1-9-4-2-3-5-12(9)17-14(21)16-10-6-7-11(15)13(8-10)18(19)20/h2-8H,1H3,(H2,16,17,21). The van der Waals surface area contributed by atoms with E-state index < -0.39 is 16.4 Å². The summed E-state index contributed by atoms with van der Waals surface area (Å²) in [6.07, 6.45) is 0. The molecule has 2 aromatic carbocycles. The van der Waals surface area contributed by atoms with Gasteiger partial charge in [-0.2, -0.15) is 4.39 Å². The van der Waals surface area contributed by atoms with E-state index in [9.17, 15) is 14.5 Å². The summed E-state index contributed by atoms with van der Waals surface area (Å²) in [7, 11) is 0. The Hall–Kier alpha value is -2.54. The van der Waals surface area contributed by atoms with E-state index >= 15 is 0 Å². The second kappa shape index (κ2) is 6.27. The highest BCUT2D eigenvalue weighted by Gasteiger charge is 2.14. The molecule has 5 nitrogen and oxygen atoms in total. The zero-order chi connectivity index (χ0) is 15.4. The van der Waals surface area contributed by atoms with Crippen LogP contribution in [0.15, 0.2) is 42.5 Å². The SMILES string of the molecule is Cc1ccccc1NC(=S)Nc1ccc(F)c([N+](=O)[O-])c1. The fraction of sp³-hybridized carbons (Fsp3) is 0.0714. The Balaban J connectivity index is 2.12. The molecule has 0 heterocycles. The Morgan fingerprint density at radius 2 is 1.95 bits per heavy atom. The van der Waals surface area contributed by atoms with Crippen LogP contribution in [0.1, 0.15) is 5.56 Å². The molecule has 108 valence electrons. The average Bonchev–Trinajstić information content (AvgIpc) is 2.43. The molecule has 0 aliphatic carbocycles. The molecule has 21 heavy (non-hydrogen) atoms. The number of anilines is 2. The van der Waals surface area contributed by atoms with Gasteiger partial charge in [-0.3, -0.25) is 10.1 Å². The maximum atomic E-state index is 13.2. The van der Waals surface area contributed by atoms with Crippen LogP contribution < -0.4 is 10.6 Å². The number of nitrogens with one attached hydrogen (secondary N) is 2. The van der Waals surface area contributed by atoms with Gasteiger partial charge in [0.2, 0.25) is 5.82 Å². The first-order valence-electron chi connectivity index (χ1n) is 6.05. The zero-order valence-corrected chi connectivity index (χ0v) is 11.9. The lowest BCUT2D eigenvalue weighted by molar-refractivity contribution is -0.387. The van der Waals surface area contributed by atoms with Gasteiger partial charge in [0.05, 0.1) is 4.92 Å². The lowest BCUT2D eigenvalue weighted by Crippen LogP contribution is -2.19. The van der Waals surface area contributed by atoms with E-state index in [0.717, 1.165) is 23.4 Å². The lowest BCUT2D eigenvalue weighted by Gasteiger charge is -2.12. The highest BCUT2D eigenvalue weighted by molar-refractivity contribution is 7.80. The molecule has 0 aliphatic heterocycles. The first-order chi connectivity index (χ1) is 9.97. The van der Waals surface area contributed by atoms with E-state index in [0.29, 0.717) is 5.69 Å². The predicted octanol–water partition coefficient (Wildman–Crippen LogP) is 3.85. The molecule has 0 spiro atoms. The van der Waals surface area contributed by atoms with Crippen molar-refractivity contribution in [1.82, 2.24) is 0 Å². The van der Waals surface area contributed by atoms with E-state index in [1.54, 1.807) is 0 Å². The minimum Gasteiger partial charge on any atom is -0.332 e. The Labute approximate surface area is 125 Å². The van der Waals surface area contributed by atoms with E-state index in [1.165, 1.54) is 6.07 Å². The molecule has 2 aromatic rings. The number of benzene rings is 2. The van der Waals surface area contributed by atoms with Crippen molar-refractivity contribution in [3.05, 3.63) is 64.0 Å². The highest BCUT2D eigenvalue weighted by atomic mass is 32.1. The molecule has 0 aromatic heterocycles. The van der Waals surface area contributed by atoms with Crippen LogP contribution in [0, 0.1) is 22.9 Å². The van der Waals surface area contributed by atoms with Crippen molar-refractivity contribution in [2.75, 3.05) is 10.6 Å². The van der Waals surface area contributed by atoms with Crippen molar-refractivity contribution in [2.45, 2.75) is 6.92 Å². The second-order valence-electron chi connectivity index (χ2n) is 4.32. The molecule has 0 saturated carbocycles. The number of hydrogen-bond acceptors (Lipinski definition) is 3. The molecule has 0 amide bonds. The van der Waals surface area contributed by atoms with E-state index in [2.05, 4.69) is 10.6 Å². The molecular formula is C14H12FN3O2S. The fourth-order valence-corrected chi connectivity index (χ4v) is 1.96. The van der Waals surface area contributed by atoms with E-state index in [4.69, 9.17) is 12.2 Å². The maximum absolute atomic E-state index is 13.2. The highest BCUT2D eigenvalue weighted by Crippen LogP contribution is 2.22. The Bertz CT molecular complexity index is 706. The third kappa shape index (κ3) is 3.73. The number of para-hydroxylation sites is 1. The smallest absolute Gasteiger partial charge is 0.306 e. The molecule has 7 heteroatoms. The van der Waals surface area contributed by atoms with Crippen molar-refractivity contribution < 1.29 is 9.31 Å². The van der Waals surface area contributed by atoms with Gasteiger partial charge in [-0.1, -0.05) is 18.2 Å². The van der Waals surface area contributed by atoms with Gasteiger partial charge in [0.15, 0.2) is 5.11 Å². The summed E-state index contributed by atoms with van der Waals surface area (Å²) in [6.45, 7) is 1.92. The number of aryl methyl sites for hydroxylation is 1. The molecule has 2 N–H and O–H groups in total. The number of rotatable bonds is 3. The number of thiocarbonyl (C=S) groups is 1. The van der Waals surface area contributed by atoms with Gasteiger partial charge in [0.25, 0.3) is 0 Å². The number of nitro benzene ring substituents is 1. The minimum absolute atomic E-state index is 0.269. The molecule has 0 radical (unpaired) electrons. The van der Waals surface area contributed by atoms with Gasteiger partial charge in [0.1, 0.15) is 0 Å². The summed E-state index contributed by atoms with van der Waals surface area (Å²) in [5.41, 5.74) is 1.58. The van der Waals surface area contributed by atoms with E-state index in [1.807, 2.05) is 31.2 Å². The lowest BCUT2D eigenvalue weighted by atomic mass is 10.2. The molecule has 2 rings (SSSR count). The van der Waals surface area contributed by atoms with Crippen molar-refractivity contribution >= 4 is 34.4 Å². The first-order valence-corrected chi connectivity index (χ1v) is 6.46. The summed E-state index contributed by atoms with van der Waals surface area (Å²) >= 11 is 5.13. The van der Waals surface area contributed by atoms with Gasteiger partial charge in [-0.15, -0.1) is 0 Å².